The van der Waals surface area contributed by atoms with Gasteiger partial charge >= 0.3 is 5.97 Å². The monoisotopic (exact) mass is 538 g/mol. The van der Waals surface area contributed by atoms with E-state index in [1.54, 1.807) is 13.2 Å². The van der Waals surface area contributed by atoms with Gasteiger partial charge in [-0.05, 0) is 55.5 Å². The number of aromatic nitrogens is 3. The minimum atomic E-state index is -1.23. The molecule has 0 radical (unpaired) electrons. The van der Waals surface area contributed by atoms with Crippen molar-refractivity contribution in [3.8, 4) is 34.5 Å². The number of aryl methyl sites for hydroxylation is 2. The molecule has 4 rings (SSSR count). The molecule has 1 fully saturated rings. The topological polar surface area (TPSA) is 157 Å². The molecule has 2 heterocycles. The van der Waals surface area contributed by atoms with Crippen LogP contribution in [0.15, 0.2) is 28.8 Å². The summed E-state index contributed by atoms with van der Waals surface area (Å²) >= 11 is 0. The number of rotatable bonds is 12. The van der Waals surface area contributed by atoms with Gasteiger partial charge in [0.05, 0.1) is 7.11 Å². The number of benzene rings is 1. The van der Waals surface area contributed by atoms with E-state index in [0.29, 0.717) is 35.7 Å². The molecule has 1 saturated carbocycles. The summed E-state index contributed by atoms with van der Waals surface area (Å²) in [7, 11) is 1.59. The summed E-state index contributed by atoms with van der Waals surface area (Å²) in [6.45, 7) is 3.70. The second-order valence-corrected chi connectivity index (χ2v) is 9.70. The summed E-state index contributed by atoms with van der Waals surface area (Å²) in [6.07, 6.45) is 3.62. The van der Waals surface area contributed by atoms with Gasteiger partial charge in [0.2, 0.25) is 17.6 Å². The van der Waals surface area contributed by atoms with Crippen molar-refractivity contribution in [2.75, 3.05) is 20.3 Å². The Morgan fingerprint density at radius 3 is 2.62 bits per heavy atom. The Hall–Kier alpha value is -3.99. The lowest BCUT2D eigenvalue weighted by molar-refractivity contribution is -0.140. The lowest BCUT2D eigenvalue weighted by Crippen LogP contribution is -2.36. The first kappa shape index (κ1) is 28.0. The average molecular weight is 539 g/mol. The number of nitrogens with one attached hydrogen (secondary N) is 1. The molecular formula is C28H34N4O7. The van der Waals surface area contributed by atoms with Gasteiger partial charge in [-0.15, -0.1) is 0 Å². The highest BCUT2D eigenvalue weighted by atomic mass is 16.5. The van der Waals surface area contributed by atoms with E-state index in [2.05, 4.69) is 20.4 Å². The lowest BCUT2D eigenvalue weighted by Gasteiger charge is -2.17. The third-order valence-corrected chi connectivity index (χ3v) is 6.73. The number of methoxy groups -OCH3 is 1. The van der Waals surface area contributed by atoms with E-state index in [1.165, 1.54) is 12.8 Å². The number of carbonyl (C=O) groups excluding carboxylic acids is 1. The molecule has 11 nitrogen and oxygen atoms in total. The van der Waals surface area contributed by atoms with E-state index in [1.807, 2.05) is 32.0 Å². The summed E-state index contributed by atoms with van der Waals surface area (Å²) in [4.78, 5) is 31.4. The number of hydrogen-bond acceptors (Lipinski definition) is 9. The zero-order valence-electron chi connectivity index (χ0n) is 22.4. The minimum Gasteiger partial charge on any atom is -0.490 e. The van der Waals surface area contributed by atoms with Crippen LogP contribution in [-0.4, -0.2) is 63.6 Å². The Morgan fingerprint density at radius 1 is 1.15 bits per heavy atom. The van der Waals surface area contributed by atoms with Crippen molar-refractivity contribution < 1.29 is 33.8 Å². The van der Waals surface area contributed by atoms with Crippen LogP contribution in [0.1, 0.15) is 61.8 Å². The van der Waals surface area contributed by atoms with Crippen molar-refractivity contribution in [3.63, 3.8) is 0 Å². The Morgan fingerprint density at radius 2 is 1.92 bits per heavy atom. The van der Waals surface area contributed by atoms with Crippen molar-refractivity contribution >= 4 is 11.9 Å². The van der Waals surface area contributed by atoms with Crippen molar-refractivity contribution in [1.82, 2.24) is 20.4 Å². The maximum absolute atomic E-state index is 11.5. The zero-order valence-corrected chi connectivity index (χ0v) is 22.4. The van der Waals surface area contributed by atoms with Crippen LogP contribution < -0.4 is 14.8 Å². The number of hydrogen-bond donors (Lipinski definition) is 3. The number of carboxylic acid groups (broad SMARTS) is 1. The van der Waals surface area contributed by atoms with E-state index in [4.69, 9.17) is 19.1 Å². The van der Waals surface area contributed by atoms with Crippen LogP contribution in [0.3, 0.4) is 0 Å². The Kier molecular flexibility index (Phi) is 9.13. The fraction of sp³-hybridized carbons (Fsp3) is 0.464. The van der Waals surface area contributed by atoms with E-state index in [9.17, 15) is 14.7 Å². The Labute approximate surface area is 226 Å². The zero-order chi connectivity index (χ0) is 27.9. The number of nitrogens with zero attached hydrogens (tertiary/aromatic N) is 3. The molecule has 0 saturated heterocycles. The maximum Gasteiger partial charge on any atom is 0.312 e. The highest BCUT2D eigenvalue weighted by Crippen LogP contribution is 2.36. The number of pyridine rings is 1. The normalized spacial score (nSPS) is 14.3. The van der Waals surface area contributed by atoms with E-state index >= 15 is 0 Å². The average Bonchev–Trinajstić information content (AvgIpc) is 3.63. The molecule has 1 aliphatic carbocycles. The first-order valence-corrected chi connectivity index (χ1v) is 13.1. The van der Waals surface area contributed by atoms with E-state index in [0.717, 1.165) is 40.8 Å². The van der Waals surface area contributed by atoms with Gasteiger partial charge in [0, 0.05) is 35.3 Å². The molecule has 0 bridgehead atoms. The minimum absolute atomic E-state index is 0.0693. The first-order valence-electron chi connectivity index (χ1n) is 13.1. The van der Waals surface area contributed by atoms with Gasteiger partial charge in [0.25, 0.3) is 5.89 Å². The molecule has 1 amide bonds. The Balaban J connectivity index is 1.49. The molecule has 39 heavy (non-hydrogen) atoms. The standard InChI is InChI=1S/C28H34N4O7/c1-4-17-10-19(9-16(2)26(17)38-15-21(33)14-29-23(34)13-25(35)36)27-31-28(39-32-27)20-11-22(18-7-5-6-8-18)30-24(12-20)37-3/h9-12,18,21,33H,4-8,13-15H2,1-3H3,(H,29,34)(H,35,36)/t21-/m0/s1. The van der Waals surface area contributed by atoms with Crippen molar-refractivity contribution in [2.45, 2.75) is 64.4 Å². The third kappa shape index (κ3) is 7.11. The molecule has 0 aliphatic heterocycles. The summed E-state index contributed by atoms with van der Waals surface area (Å²) < 4.78 is 17.0. The van der Waals surface area contributed by atoms with Crippen LogP contribution in [0.2, 0.25) is 0 Å². The summed E-state index contributed by atoms with van der Waals surface area (Å²) in [5.41, 5.74) is 4.24. The van der Waals surface area contributed by atoms with Gasteiger partial charge in [-0.1, -0.05) is 24.9 Å². The van der Waals surface area contributed by atoms with Gasteiger partial charge in [-0.3, -0.25) is 9.59 Å². The van der Waals surface area contributed by atoms with Crippen LogP contribution in [-0.2, 0) is 16.0 Å². The number of aliphatic hydroxyl groups is 1. The molecule has 0 unspecified atom stereocenters. The Bertz CT molecular complexity index is 1320. The number of carboxylic acids is 1. The molecule has 1 atom stereocenters. The number of aliphatic carboxylic acids is 1. The van der Waals surface area contributed by atoms with Crippen LogP contribution >= 0.6 is 0 Å². The van der Waals surface area contributed by atoms with Crippen LogP contribution in [0.25, 0.3) is 22.8 Å². The largest absolute Gasteiger partial charge is 0.490 e. The number of amides is 1. The quantitative estimate of drug-likeness (QED) is 0.291. The van der Waals surface area contributed by atoms with Gasteiger partial charge in [-0.25, -0.2) is 4.98 Å². The highest BCUT2D eigenvalue weighted by Gasteiger charge is 2.22. The highest BCUT2D eigenvalue weighted by molar-refractivity contribution is 5.93. The number of ether oxygens (including phenoxy) is 2. The summed E-state index contributed by atoms with van der Waals surface area (Å²) in [6, 6.07) is 7.62. The van der Waals surface area contributed by atoms with Crippen molar-refractivity contribution in [3.05, 3.63) is 41.1 Å². The second kappa shape index (κ2) is 12.7. The van der Waals surface area contributed by atoms with Crippen molar-refractivity contribution in [2.24, 2.45) is 0 Å². The number of aliphatic hydroxyl groups excluding tert-OH is 1. The fourth-order valence-electron chi connectivity index (χ4n) is 4.76. The predicted molar refractivity (Wildman–Crippen MR) is 142 cm³/mol. The molecule has 0 spiro atoms. The molecular weight excluding hydrogens is 504 g/mol. The molecule has 11 heteroatoms. The summed E-state index contributed by atoms with van der Waals surface area (Å²) in [5.74, 6) is 0.468. The SMILES string of the molecule is CCc1cc(-c2noc(-c3cc(OC)nc(C4CCCC4)c3)n2)cc(C)c1OC[C@@H](O)CNC(=O)CC(=O)O. The van der Waals surface area contributed by atoms with Crippen molar-refractivity contribution in [1.29, 1.82) is 0 Å². The second-order valence-electron chi connectivity index (χ2n) is 9.70. The molecule has 3 N–H and O–H groups in total. The molecule has 1 aromatic carbocycles. The number of carbonyl (C=O) groups is 2. The fourth-order valence-corrected chi connectivity index (χ4v) is 4.76. The van der Waals surface area contributed by atoms with Gasteiger partial charge in [0.1, 0.15) is 24.9 Å². The van der Waals surface area contributed by atoms with E-state index in [-0.39, 0.29) is 13.2 Å². The van der Waals surface area contributed by atoms with Gasteiger partial charge in [-0.2, -0.15) is 4.98 Å². The van der Waals surface area contributed by atoms with Gasteiger partial charge in [0.15, 0.2) is 0 Å². The smallest absolute Gasteiger partial charge is 0.312 e. The van der Waals surface area contributed by atoms with Crippen LogP contribution in [0.5, 0.6) is 11.6 Å². The first-order chi connectivity index (χ1) is 18.8. The predicted octanol–water partition coefficient (Wildman–Crippen LogP) is 3.67. The summed E-state index contributed by atoms with van der Waals surface area (Å²) in [5, 5.41) is 25.4. The van der Waals surface area contributed by atoms with Gasteiger partial charge < -0.3 is 29.5 Å². The molecule has 1 aliphatic rings. The van der Waals surface area contributed by atoms with E-state index < -0.39 is 24.4 Å². The maximum atomic E-state index is 11.5. The van der Waals surface area contributed by atoms with Crippen LogP contribution in [0, 0.1) is 6.92 Å². The third-order valence-electron chi connectivity index (χ3n) is 6.73. The molecule has 2 aromatic heterocycles. The van der Waals surface area contributed by atoms with Crippen LogP contribution in [0.4, 0.5) is 0 Å². The molecule has 208 valence electrons. The lowest BCUT2D eigenvalue weighted by atomic mass is 10.0. The molecule has 3 aromatic rings.